The number of anilines is 2. The molecule has 27 heavy (non-hydrogen) atoms. The molecule has 1 N–H and O–H groups in total. The second-order valence-corrected chi connectivity index (χ2v) is 5.92. The smallest absolute Gasteiger partial charge is 0.340 e. The van der Waals surface area contributed by atoms with Crippen molar-refractivity contribution in [2.75, 3.05) is 5.32 Å². The highest BCUT2D eigenvalue weighted by Gasteiger charge is 2.29. The standard InChI is InChI=1S/C19H14F3N5/c1-12-24-18-15(4-3-11-23-18)27(12)17-6-2-5-16(26-17)25-14-9-7-13(8-10-14)19(20,21)22/h2-11H,1H3,(H,25,26). The van der Waals surface area contributed by atoms with Crippen LogP contribution in [0.3, 0.4) is 0 Å². The largest absolute Gasteiger partial charge is 0.416 e. The highest BCUT2D eigenvalue weighted by Crippen LogP contribution is 2.30. The van der Waals surface area contributed by atoms with E-state index in [4.69, 9.17) is 0 Å². The molecule has 4 rings (SSSR count). The van der Waals surface area contributed by atoms with Gasteiger partial charge in [0.25, 0.3) is 0 Å². The Hall–Kier alpha value is -3.42. The molecule has 0 atom stereocenters. The first-order valence-corrected chi connectivity index (χ1v) is 8.13. The van der Waals surface area contributed by atoms with Crippen LogP contribution in [0.4, 0.5) is 24.7 Å². The number of halogens is 3. The molecule has 0 bridgehead atoms. The summed E-state index contributed by atoms with van der Waals surface area (Å²) in [5, 5.41) is 3.02. The van der Waals surface area contributed by atoms with Crippen molar-refractivity contribution in [2.45, 2.75) is 13.1 Å². The summed E-state index contributed by atoms with van der Waals surface area (Å²) in [5.74, 6) is 1.89. The predicted octanol–water partition coefficient (Wildman–Crippen LogP) is 4.89. The summed E-state index contributed by atoms with van der Waals surface area (Å²) >= 11 is 0. The highest BCUT2D eigenvalue weighted by molar-refractivity contribution is 5.73. The molecule has 8 heteroatoms. The van der Waals surface area contributed by atoms with E-state index in [1.807, 2.05) is 35.8 Å². The molecule has 0 fully saturated rings. The van der Waals surface area contributed by atoms with Gasteiger partial charge in [0.15, 0.2) is 5.65 Å². The lowest BCUT2D eigenvalue weighted by molar-refractivity contribution is -0.137. The van der Waals surface area contributed by atoms with Crippen molar-refractivity contribution in [3.8, 4) is 5.82 Å². The maximum atomic E-state index is 12.7. The molecule has 0 aliphatic rings. The zero-order valence-electron chi connectivity index (χ0n) is 14.2. The van der Waals surface area contributed by atoms with Gasteiger partial charge in [-0.1, -0.05) is 6.07 Å². The number of rotatable bonds is 3. The van der Waals surface area contributed by atoms with E-state index >= 15 is 0 Å². The van der Waals surface area contributed by atoms with E-state index in [1.165, 1.54) is 12.1 Å². The van der Waals surface area contributed by atoms with Gasteiger partial charge in [-0.3, -0.25) is 4.57 Å². The zero-order chi connectivity index (χ0) is 19.0. The third-order valence-corrected chi connectivity index (χ3v) is 4.05. The van der Waals surface area contributed by atoms with E-state index in [2.05, 4.69) is 20.3 Å². The van der Waals surface area contributed by atoms with E-state index in [0.29, 0.717) is 23.0 Å². The van der Waals surface area contributed by atoms with Gasteiger partial charge in [-0.25, -0.2) is 15.0 Å². The van der Waals surface area contributed by atoms with Crippen molar-refractivity contribution in [3.63, 3.8) is 0 Å². The average Bonchev–Trinajstić information content (AvgIpc) is 2.97. The average molecular weight is 369 g/mol. The van der Waals surface area contributed by atoms with Crippen molar-refractivity contribution >= 4 is 22.7 Å². The third-order valence-electron chi connectivity index (χ3n) is 4.05. The Morgan fingerprint density at radius 2 is 1.70 bits per heavy atom. The number of imidazole rings is 1. The number of fused-ring (bicyclic) bond motifs is 1. The van der Waals surface area contributed by atoms with Gasteiger partial charge >= 0.3 is 6.18 Å². The minimum Gasteiger partial charge on any atom is -0.340 e. The van der Waals surface area contributed by atoms with Gasteiger partial charge in [0.2, 0.25) is 0 Å². The van der Waals surface area contributed by atoms with E-state index < -0.39 is 11.7 Å². The molecule has 0 radical (unpaired) electrons. The maximum absolute atomic E-state index is 12.7. The van der Waals surface area contributed by atoms with Crippen LogP contribution in [0.15, 0.2) is 60.8 Å². The second kappa shape index (κ2) is 6.39. The molecule has 136 valence electrons. The Morgan fingerprint density at radius 1 is 0.926 bits per heavy atom. The normalized spacial score (nSPS) is 11.7. The fourth-order valence-corrected chi connectivity index (χ4v) is 2.82. The summed E-state index contributed by atoms with van der Waals surface area (Å²) in [5.41, 5.74) is 1.27. The number of hydrogen-bond donors (Lipinski definition) is 1. The van der Waals surface area contributed by atoms with Crippen molar-refractivity contribution < 1.29 is 13.2 Å². The van der Waals surface area contributed by atoms with Crippen molar-refractivity contribution in [3.05, 3.63) is 72.2 Å². The molecule has 0 aliphatic heterocycles. The minimum absolute atomic E-state index is 0.511. The molecule has 0 spiro atoms. The van der Waals surface area contributed by atoms with E-state index in [9.17, 15) is 13.2 Å². The van der Waals surface area contributed by atoms with Crippen LogP contribution in [0.2, 0.25) is 0 Å². The molecule has 0 aliphatic carbocycles. The van der Waals surface area contributed by atoms with Crippen molar-refractivity contribution in [1.82, 2.24) is 19.5 Å². The van der Waals surface area contributed by atoms with Gasteiger partial charge < -0.3 is 5.32 Å². The van der Waals surface area contributed by atoms with Crippen LogP contribution < -0.4 is 5.32 Å². The van der Waals surface area contributed by atoms with Gasteiger partial charge in [-0.15, -0.1) is 0 Å². The van der Waals surface area contributed by atoms with Crippen LogP contribution >= 0.6 is 0 Å². The van der Waals surface area contributed by atoms with Crippen LogP contribution in [-0.4, -0.2) is 19.5 Å². The lowest BCUT2D eigenvalue weighted by Crippen LogP contribution is -2.05. The van der Waals surface area contributed by atoms with Gasteiger partial charge in [-0.2, -0.15) is 13.2 Å². The molecule has 3 heterocycles. The molecule has 1 aromatic carbocycles. The van der Waals surface area contributed by atoms with Crippen LogP contribution in [0.1, 0.15) is 11.4 Å². The Kier molecular flexibility index (Phi) is 4.02. The fraction of sp³-hybridized carbons (Fsp3) is 0.105. The quantitative estimate of drug-likeness (QED) is 0.559. The van der Waals surface area contributed by atoms with E-state index in [1.54, 1.807) is 12.3 Å². The van der Waals surface area contributed by atoms with Gasteiger partial charge in [0, 0.05) is 11.9 Å². The van der Waals surface area contributed by atoms with Crippen LogP contribution in [-0.2, 0) is 6.18 Å². The molecule has 4 aromatic rings. The molecular formula is C19H14F3N5. The monoisotopic (exact) mass is 369 g/mol. The van der Waals surface area contributed by atoms with Gasteiger partial charge in [-0.05, 0) is 55.5 Å². The number of aryl methyl sites for hydroxylation is 1. The summed E-state index contributed by atoms with van der Waals surface area (Å²) < 4.78 is 39.9. The minimum atomic E-state index is -4.36. The van der Waals surface area contributed by atoms with Crippen molar-refractivity contribution in [2.24, 2.45) is 0 Å². The molecule has 0 amide bonds. The maximum Gasteiger partial charge on any atom is 0.416 e. The van der Waals surface area contributed by atoms with E-state index in [-0.39, 0.29) is 0 Å². The topological polar surface area (TPSA) is 55.6 Å². The zero-order valence-corrected chi connectivity index (χ0v) is 14.2. The van der Waals surface area contributed by atoms with E-state index in [0.717, 1.165) is 23.5 Å². The number of alkyl halides is 3. The first-order chi connectivity index (χ1) is 12.9. The third kappa shape index (κ3) is 3.33. The lowest BCUT2D eigenvalue weighted by Gasteiger charge is -2.11. The Morgan fingerprint density at radius 3 is 2.44 bits per heavy atom. The molecular weight excluding hydrogens is 355 g/mol. The SMILES string of the molecule is Cc1nc2ncccc2n1-c1cccc(Nc2ccc(C(F)(F)F)cc2)n1. The summed E-state index contributed by atoms with van der Waals surface area (Å²) in [6, 6.07) is 13.9. The first kappa shape index (κ1) is 17.0. The predicted molar refractivity (Wildman–Crippen MR) is 96.1 cm³/mol. The summed E-state index contributed by atoms with van der Waals surface area (Å²) in [6.07, 6.45) is -2.68. The number of aromatic nitrogens is 4. The number of nitrogens with zero attached hydrogens (tertiary/aromatic N) is 4. The number of nitrogens with one attached hydrogen (secondary N) is 1. The summed E-state index contributed by atoms with van der Waals surface area (Å²) in [4.78, 5) is 13.2. The highest BCUT2D eigenvalue weighted by atomic mass is 19.4. The Bertz CT molecular complexity index is 1100. The number of hydrogen-bond acceptors (Lipinski definition) is 4. The van der Waals surface area contributed by atoms with Crippen LogP contribution in [0.25, 0.3) is 17.0 Å². The Labute approximate surface area is 152 Å². The fourth-order valence-electron chi connectivity index (χ4n) is 2.82. The molecule has 0 unspecified atom stereocenters. The number of benzene rings is 1. The Balaban J connectivity index is 1.66. The van der Waals surface area contributed by atoms with Crippen LogP contribution in [0, 0.1) is 6.92 Å². The summed E-state index contributed by atoms with van der Waals surface area (Å²) in [7, 11) is 0. The first-order valence-electron chi connectivity index (χ1n) is 8.13. The molecule has 5 nitrogen and oxygen atoms in total. The number of pyridine rings is 2. The van der Waals surface area contributed by atoms with Crippen molar-refractivity contribution in [1.29, 1.82) is 0 Å². The lowest BCUT2D eigenvalue weighted by atomic mass is 10.2. The van der Waals surface area contributed by atoms with Crippen LogP contribution in [0.5, 0.6) is 0 Å². The summed E-state index contributed by atoms with van der Waals surface area (Å²) in [6.45, 7) is 1.86. The second-order valence-electron chi connectivity index (χ2n) is 5.92. The molecule has 0 saturated heterocycles. The molecule has 0 saturated carbocycles. The van der Waals surface area contributed by atoms with Gasteiger partial charge in [0.1, 0.15) is 17.5 Å². The molecule has 3 aromatic heterocycles. The van der Waals surface area contributed by atoms with Gasteiger partial charge in [0.05, 0.1) is 11.1 Å².